The molecule has 1 aliphatic rings. The number of anilines is 2. The number of nitrogens with one attached hydrogen (secondary N) is 2. The predicted octanol–water partition coefficient (Wildman–Crippen LogP) is 3.82. The third kappa shape index (κ3) is 7.15. The molecule has 2 amide bonds. The number of benzene rings is 3. The molecule has 39 heavy (non-hydrogen) atoms. The number of carbonyl (C=O) groups excluding carboxylic acids is 2. The normalized spacial score (nSPS) is 14.1. The Morgan fingerprint density at radius 2 is 1.49 bits per heavy atom. The Hall–Kier alpha value is -3.89. The number of hydrogen-bond donors (Lipinski definition) is 2. The second kappa shape index (κ2) is 11.9. The molecular weight excluding hydrogens is 516 g/mol. The van der Waals surface area contributed by atoms with E-state index in [0.717, 1.165) is 24.2 Å². The summed E-state index contributed by atoms with van der Waals surface area (Å²) >= 11 is 0. The highest BCUT2D eigenvalue weighted by molar-refractivity contribution is 7.92. The molecule has 1 saturated heterocycles. The summed E-state index contributed by atoms with van der Waals surface area (Å²) in [5.74, 6) is 0.0125. The van der Waals surface area contributed by atoms with E-state index in [9.17, 15) is 18.0 Å². The largest absolute Gasteiger partial charge is 0.483 e. The van der Waals surface area contributed by atoms with Gasteiger partial charge in [-0.1, -0.05) is 6.07 Å². The van der Waals surface area contributed by atoms with Gasteiger partial charge in [0.25, 0.3) is 21.8 Å². The zero-order valence-corrected chi connectivity index (χ0v) is 23.5. The maximum absolute atomic E-state index is 12.9. The summed E-state index contributed by atoms with van der Waals surface area (Å²) in [5, 5.41) is 2.75. The summed E-state index contributed by atoms with van der Waals surface area (Å²) in [6.45, 7) is 8.44. The minimum Gasteiger partial charge on any atom is -0.483 e. The predicted molar refractivity (Wildman–Crippen MR) is 152 cm³/mol. The first-order valence-corrected chi connectivity index (χ1v) is 14.2. The summed E-state index contributed by atoms with van der Waals surface area (Å²) in [7, 11) is -1.75. The van der Waals surface area contributed by atoms with Crippen molar-refractivity contribution in [2.24, 2.45) is 0 Å². The van der Waals surface area contributed by atoms with Crippen molar-refractivity contribution in [3.8, 4) is 5.75 Å². The van der Waals surface area contributed by atoms with Crippen molar-refractivity contribution >= 4 is 33.2 Å². The summed E-state index contributed by atoms with van der Waals surface area (Å²) in [4.78, 5) is 29.3. The number of amides is 2. The SMILES string of the molecule is Cc1ccc(NS(=O)(=O)c2ccc(OCC(=O)Nc3ccc(C(=O)N4CCN(C)CC4)cc3)c(C)c2)cc1C. The first-order chi connectivity index (χ1) is 18.5. The molecule has 3 aromatic carbocycles. The van der Waals surface area contributed by atoms with E-state index < -0.39 is 10.0 Å². The lowest BCUT2D eigenvalue weighted by Gasteiger charge is -2.32. The maximum Gasteiger partial charge on any atom is 0.262 e. The number of nitrogens with zero attached hydrogens (tertiary/aromatic N) is 2. The van der Waals surface area contributed by atoms with Gasteiger partial charge in [-0.2, -0.15) is 0 Å². The molecule has 10 heteroatoms. The zero-order valence-electron chi connectivity index (χ0n) is 22.7. The van der Waals surface area contributed by atoms with Crippen LogP contribution in [0.3, 0.4) is 0 Å². The van der Waals surface area contributed by atoms with Gasteiger partial charge in [0.2, 0.25) is 0 Å². The molecule has 4 rings (SSSR count). The van der Waals surface area contributed by atoms with Crippen molar-refractivity contribution in [2.75, 3.05) is 49.9 Å². The number of aryl methyl sites for hydroxylation is 3. The summed E-state index contributed by atoms with van der Waals surface area (Å²) < 4.78 is 34.0. The van der Waals surface area contributed by atoms with Crippen LogP contribution >= 0.6 is 0 Å². The van der Waals surface area contributed by atoms with E-state index in [1.54, 1.807) is 43.3 Å². The smallest absolute Gasteiger partial charge is 0.262 e. The van der Waals surface area contributed by atoms with Gasteiger partial charge in [-0.15, -0.1) is 0 Å². The molecule has 1 aliphatic heterocycles. The number of likely N-dealkylation sites (N-methyl/N-ethyl adjacent to an activating group) is 1. The quantitative estimate of drug-likeness (QED) is 0.442. The topological polar surface area (TPSA) is 108 Å². The summed E-state index contributed by atoms with van der Waals surface area (Å²) in [5.41, 5.74) is 4.26. The lowest BCUT2D eigenvalue weighted by molar-refractivity contribution is -0.118. The molecule has 1 fully saturated rings. The van der Waals surface area contributed by atoms with Gasteiger partial charge in [-0.05, 0) is 99.1 Å². The highest BCUT2D eigenvalue weighted by Crippen LogP contribution is 2.24. The third-order valence-electron chi connectivity index (χ3n) is 6.78. The molecule has 3 aromatic rings. The average molecular weight is 551 g/mol. The molecule has 0 saturated carbocycles. The van der Waals surface area contributed by atoms with Crippen LogP contribution < -0.4 is 14.8 Å². The molecule has 0 aliphatic carbocycles. The summed E-state index contributed by atoms with van der Waals surface area (Å²) in [6.07, 6.45) is 0. The molecular formula is C29H34N4O5S. The van der Waals surface area contributed by atoms with Gasteiger partial charge in [-0.25, -0.2) is 8.42 Å². The van der Waals surface area contributed by atoms with Crippen molar-refractivity contribution in [3.05, 3.63) is 82.9 Å². The Bertz CT molecular complexity index is 1460. The summed E-state index contributed by atoms with van der Waals surface area (Å²) in [6, 6.07) is 16.6. The van der Waals surface area contributed by atoms with Gasteiger partial charge < -0.3 is 19.9 Å². The number of carbonyl (C=O) groups is 2. The van der Waals surface area contributed by atoms with Crippen LogP contribution in [-0.2, 0) is 14.8 Å². The monoisotopic (exact) mass is 550 g/mol. The Kier molecular flexibility index (Phi) is 8.57. The van der Waals surface area contributed by atoms with Gasteiger partial charge in [0.15, 0.2) is 6.61 Å². The molecule has 9 nitrogen and oxygen atoms in total. The lowest BCUT2D eigenvalue weighted by atomic mass is 10.1. The molecule has 0 atom stereocenters. The van der Waals surface area contributed by atoms with Crippen molar-refractivity contribution in [1.29, 1.82) is 0 Å². The fraction of sp³-hybridized carbons (Fsp3) is 0.310. The minimum atomic E-state index is -3.79. The number of hydrogen-bond acceptors (Lipinski definition) is 6. The van der Waals surface area contributed by atoms with E-state index in [-0.39, 0.29) is 23.3 Å². The minimum absolute atomic E-state index is 0.0191. The van der Waals surface area contributed by atoms with Gasteiger partial charge in [0.1, 0.15) is 5.75 Å². The van der Waals surface area contributed by atoms with Gasteiger partial charge in [-0.3, -0.25) is 14.3 Å². The molecule has 0 unspecified atom stereocenters. The van der Waals surface area contributed by atoms with E-state index in [1.807, 2.05) is 31.9 Å². The van der Waals surface area contributed by atoms with Crippen molar-refractivity contribution in [1.82, 2.24) is 9.80 Å². The first-order valence-electron chi connectivity index (χ1n) is 12.7. The van der Waals surface area contributed by atoms with E-state index in [4.69, 9.17) is 4.74 Å². The first kappa shape index (κ1) is 28.1. The van der Waals surface area contributed by atoms with Crippen LogP contribution in [0, 0.1) is 20.8 Å². The fourth-order valence-electron chi connectivity index (χ4n) is 4.20. The van der Waals surface area contributed by atoms with Crippen LogP contribution in [0.2, 0.25) is 0 Å². The molecule has 2 N–H and O–H groups in total. The van der Waals surface area contributed by atoms with E-state index >= 15 is 0 Å². The molecule has 0 spiro atoms. The highest BCUT2D eigenvalue weighted by Gasteiger charge is 2.20. The van der Waals surface area contributed by atoms with Gasteiger partial charge in [0, 0.05) is 43.1 Å². The second-order valence-corrected chi connectivity index (χ2v) is 11.5. The van der Waals surface area contributed by atoms with E-state index in [1.165, 1.54) is 18.2 Å². The zero-order chi connectivity index (χ0) is 28.2. The van der Waals surface area contributed by atoms with Crippen LogP contribution in [0.1, 0.15) is 27.0 Å². The standard InChI is InChI=1S/C29H34N4O5S/c1-20-5-8-25(17-21(20)2)31-39(36,37)26-11-12-27(22(3)18-26)38-19-28(34)30-24-9-6-23(7-10-24)29(35)33-15-13-32(4)14-16-33/h5-12,17-18,31H,13-16,19H2,1-4H3,(H,30,34). The van der Waals surface area contributed by atoms with E-state index in [0.29, 0.717) is 41.3 Å². The molecule has 0 aromatic heterocycles. The highest BCUT2D eigenvalue weighted by atomic mass is 32.2. The average Bonchev–Trinajstić information content (AvgIpc) is 2.90. The van der Waals surface area contributed by atoms with Crippen LogP contribution in [0.25, 0.3) is 0 Å². The van der Waals surface area contributed by atoms with E-state index in [2.05, 4.69) is 14.9 Å². The van der Waals surface area contributed by atoms with Gasteiger partial charge in [0.05, 0.1) is 4.90 Å². The van der Waals surface area contributed by atoms with Crippen LogP contribution in [-0.4, -0.2) is 69.9 Å². The number of sulfonamides is 1. The Labute approximate surface area is 229 Å². The van der Waals surface area contributed by atoms with Crippen molar-refractivity contribution < 1.29 is 22.7 Å². The third-order valence-corrected chi connectivity index (χ3v) is 8.16. The number of rotatable bonds is 8. The van der Waals surface area contributed by atoms with Gasteiger partial charge >= 0.3 is 0 Å². The number of piperazine rings is 1. The van der Waals surface area contributed by atoms with Crippen molar-refractivity contribution in [3.63, 3.8) is 0 Å². The molecule has 0 radical (unpaired) electrons. The second-order valence-electron chi connectivity index (χ2n) is 9.84. The van der Waals surface area contributed by atoms with Crippen LogP contribution in [0.4, 0.5) is 11.4 Å². The van der Waals surface area contributed by atoms with Crippen LogP contribution in [0.5, 0.6) is 5.75 Å². The fourth-order valence-corrected chi connectivity index (χ4v) is 5.33. The molecule has 1 heterocycles. The maximum atomic E-state index is 12.9. The Balaban J connectivity index is 1.31. The van der Waals surface area contributed by atoms with Crippen molar-refractivity contribution in [2.45, 2.75) is 25.7 Å². The molecule has 0 bridgehead atoms. The van der Waals surface area contributed by atoms with Crippen LogP contribution in [0.15, 0.2) is 65.6 Å². The lowest BCUT2D eigenvalue weighted by Crippen LogP contribution is -2.47. The Morgan fingerprint density at radius 1 is 0.821 bits per heavy atom. The number of ether oxygens (including phenoxy) is 1. The molecule has 206 valence electrons. The Morgan fingerprint density at radius 3 is 2.13 bits per heavy atom.